The van der Waals surface area contributed by atoms with Crippen LogP contribution in [0.25, 0.3) is 16.0 Å². The molecule has 0 radical (unpaired) electrons. The van der Waals surface area contributed by atoms with E-state index in [0.717, 1.165) is 10.3 Å². The average molecular weight is 577 g/mol. The lowest BCUT2D eigenvalue weighted by molar-refractivity contribution is -0.132. The zero-order chi connectivity index (χ0) is 28.8. The molecule has 0 bridgehead atoms. The van der Waals surface area contributed by atoms with Crippen molar-refractivity contribution in [1.29, 1.82) is 0 Å². The first-order valence-electron chi connectivity index (χ1n) is 13.4. The molecule has 2 aliphatic rings. The quantitative estimate of drug-likeness (QED) is 0.140. The molecule has 5 aromatic rings. The number of thiazole rings is 1. The fourth-order valence-corrected chi connectivity index (χ4v) is 6.28. The Hall–Kier alpha value is -5.15. The minimum Gasteiger partial charge on any atom is -0.507 e. The molecular weight excluding hydrogens is 552 g/mol. The fourth-order valence-electron chi connectivity index (χ4n) is 5.19. The third-order valence-electron chi connectivity index (χ3n) is 7.15. The summed E-state index contributed by atoms with van der Waals surface area (Å²) in [5, 5.41) is 12.0. The Morgan fingerprint density at radius 3 is 2.52 bits per heavy atom. The molecule has 1 N–H and O–H groups in total. The Labute approximate surface area is 245 Å². The average Bonchev–Trinajstić information content (AvgIpc) is 3.54. The van der Waals surface area contributed by atoms with Crippen LogP contribution in [-0.2, 0) is 9.59 Å². The van der Waals surface area contributed by atoms with Gasteiger partial charge in [-0.05, 0) is 72.6 Å². The summed E-state index contributed by atoms with van der Waals surface area (Å²) in [5.74, 6) is 0.261. The number of aliphatic hydroxyl groups is 1. The van der Waals surface area contributed by atoms with Crippen molar-refractivity contribution >= 4 is 44.1 Å². The number of carbonyl (C=O) groups excluding carboxylic acids is 2. The number of rotatable bonds is 5. The van der Waals surface area contributed by atoms with Gasteiger partial charge in [0, 0.05) is 5.56 Å². The Balaban J connectivity index is 1.39. The number of anilines is 1. The zero-order valence-electron chi connectivity index (χ0n) is 22.4. The van der Waals surface area contributed by atoms with E-state index in [4.69, 9.17) is 19.2 Å². The van der Waals surface area contributed by atoms with Gasteiger partial charge in [-0.1, -0.05) is 47.7 Å². The van der Waals surface area contributed by atoms with Gasteiger partial charge in [0.05, 0.1) is 21.8 Å². The Bertz CT molecular complexity index is 1900. The van der Waals surface area contributed by atoms with Crippen LogP contribution in [0.1, 0.15) is 22.7 Å². The van der Waals surface area contributed by atoms with Gasteiger partial charge in [-0.3, -0.25) is 14.5 Å². The molecule has 7 rings (SSSR count). The van der Waals surface area contributed by atoms with Crippen LogP contribution in [0.3, 0.4) is 0 Å². The lowest BCUT2D eigenvalue weighted by atomic mass is 9.95. The van der Waals surface area contributed by atoms with E-state index < -0.39 is 17.7 Å². The fraction of sp³-hybridized carbons (Fsp3) is 0.121. The van der Waals surface area contributed by atoms with E-state index in [1.165, 1.54) is 16.2 Å². The molecule has 208 valence electrons. The van der Waals surface area contributed by atoms with Gasteiger partial charge in [-0.15, -0.1) is 0 Å². The van der Waals surface area contributed by atoms with Gasteiger partial charge in [-0.2, -0.15) is 0 Å². The highest BCUT2D eigenvalue weighted by molar-refractivity contribution is 7.22. The van der Waals surface area contributed by atoms with Gasteiger partial charge in [0.1, 0.15) is 30.5 Å². The molecule has 3 heterocycles. The van der Waals surface area contributed by atoms with Gasteiger partial charge in [0.25, 0.3) is 5.78 Å². The number of amides is 1. The first-order valence-corrected chi connectivity index (χ1v) is 14.2. The largest absolute Gasteiger partial charge is 0.507 e. The first-order chi connectivity index (χ1) is 20.5. The molecule has 2 aliphatic heterocycles. The highest BCUT2D eigenvalue weighted by atomic mass is 32.1. The molecule has 42 heavy (non-hydrogen) atoms. The third kappa shape index (κ3) is 4.53. The molecule has 4 aromatic carbocycles. The van der Waals surface area contributed by atoms with Crippen LogP contribution in [0.2, 0.25) is 0 Å². The van der Waals surface area contributed by atoms with Crippen molar-refractivity contribution in [3.8, 4) is 23.0 Å². The number of para-hydroxylation sites is 1. The highest BCUT2D eigenvalue weighted by Gasteiger charge is 2.48. The van der Waals surface area contributed by atoms with Crippen LogP contribution in [0, 0.1) is 6.92 Å². The maximum atomic E-state index is 13.7. The zero-order valence-corrected chi connectivity index (χ0v) is 23.3. The summed E-state index contributed by atoms with van der Waals surface area (Å²) in [6.07, 6.45) is 0. The highest BCUT2D eigenvalue weighted by Crippen LogP contribution is 2.46. The predicted octanol–water partition coefficient (Wildman–Crippen LogP) is 6.79. The number of ether oxygens (including phenoxy) is 3. The van der Waals surface area contributed by atoms with Crippen LogP contribution >= 0.6 is 11.3 Å². The van der Waals surface area contributed by atoms with Crippen molar-refractivity contribution in [1.82, 2.24) is 4.98 Å². The summed E-state index contributed by atoms with van der Waals surface area (Å²) in [6.45, 7) is 2.77. The maximum Gasteiger partial charge on any atom is 0.301 e. The Morgan fingerprint density at radius 2 is 1.69 bits per heavy atom. The number of Topliss-reactive ketones (excluding diaryl/α,β-unsaturated/α-hetero) is 1. The van der Waals surface area contributed by atoms with Gasteiger partial charge in [-0.25, -0.2) is 4.98 Å². The van der Waals surface area contributed by atoms with E-state index in [2.05, 4.69) is 0 Å². The van der Waals surface area contributed by atoms with Crippen molar-refractivity contribution in [3.63, 3.8) is 0 Å². The standard InChI is InChI=1S/C33H24N2O6S/c1-19-10-12-24-27(16-19)42-33(34-24)35-29(20-6-5-9-23(17-20)41-22-7-3-2-4-8-22)28(31(37)32(35)38)30(36)21-11-13-25-26(18-21)40-15-14-39-25/h2-13,16-18,29,36H,14-15H2,1H3/b30-28-. The minimum atomic E-state index is -0.959. The third-order valence-corrected chi connectivity index (χ3v) is 8.17. The molecular formula is C33H24N2O6S. The molecule has 1 amide bonds. The number of hydrogen-bond acceptors (Lipinski definition) is 8. The number of hydrogen-bond donors (Lipinski definition) is 1. The van der Waals surface area contributed by atoms with Crippen molar-refractivity contribution < 1.29 is 28.9 Å². The van der Waals surface area contributed by atoms with Crippen molar-refractivity contribution in [2.24, 2.45) is 0 Å². The first kappa shape index (κ1) is 25.8. The lowest BCUT2D eigenvalue weighted by Crippen LogP contribution is -2.29. The van der Waals surface area contributed by atoms with Crippen LogP contribution in [0.5, 0.6) is 23.0 Å². The number of nitrogens with zero attached hydrogens (tertiary/aromatic N) is 2. The second-order valence-electron chi connectivity index (χ2n) is 9.98. The van der Waals surface area contributed by atoms with E-state index in [9.17, 15) is 14.7 Å². The minimum absolute atomic E-state index is 0.0519. The Kier molecular flexibility index (Phi) is 6.36. The predicted molar refractivity (Wildman–Crippen MR) is 160 cm³/mol. The number of ketones is 1. The number of aromatic nitrogens is 1. The van der Waals surface area contributed by atoms with E-state index in [-0.39, 0.29) is 11.3 Å². The molecule has 0 aliphatic carbocycles. The number of aliphatic hydroxyl groups excluding tert-OH is 1. The summed E-state index contributed by atoms with van der Waals surface area (Å²) in [5.41, 5.74) is 2.63. The van der Waals surface area contributed by atoms with Crippen molar-refractivity contribution in [3.05, 3.63) is 113 Å². The molecule has 9 heteroatoms. The molecule has 0 saturated carbocycles. The number of fused-ring (bicyclic) bond motifs is 2. The molecule has 1 fully saturated rings. The van der Waals surface area contributed by atoms with Crippen molar-refractivity contribution in [2.45, 2.75) is 13.0 Å². The van der Waals surface area contributed by atoms with Crippen LogP contribution in [0.15, 0.2) is 96.6 Å². The monoisotopic (exact) mass is 576 g/mol. The maximum absolute atomic E-state index is 13.7. The Morgan fingerprint density at radius 1 is 0.905 bits per heavy atom. The molecule has 1 atom stereocenters. The smallest absolute Gasteiger partial charge is 0.301 e. The number of carbonyl (C=O) groups is 2. The SMILES string of the molecule is Cc1ccc2nc(N3C(=O)C(=O)/C(=C(\O)c4ccc5c(c4)OCCO5)C3c3cccc(Oc4ccccc4)c3)sc2c1. The second-order valence-corrected chi connectivity index (χ2v) is 11.0. The molecule has 1 unspecified atom stereocenters. The summed E-state index contributed by atoms with van der Waals surface area (Å²) < 4.78 is 18.3. The summed E-state index contributed by atoms with van der Waals surface area (Å²) in [6, 6.07) is 26.3. The van der Waals surface area contributed by atoms with Gasteiger partial charge >= 0.3 is 5.91 Å². The van der Waals surface area contributed by atoms with E-state index >= 15 is 0 Å². The van der Waals surface area contributed by atoms with E-state index in [1.807, 2.05) is 55.5 Å². The lowest BCUT2D eigenvalue weighted by Gasteiger charge is -2.23. The topological polar surface area (TPSA) is 98.2 Å². The van der Waals surface area contributed by atoms with Crippen LogP contribution < -0.4 is 19.1 Å². The van der Waals surface area contributed by atoms with Gasteiger partial charge in [0.2, 0.25) is 0 Å². The van der Waals surface area contributed by atoms with Crippen LogP contribution in [-0.4, -0.2) is 35.0 Å². The summed E-state index contributed by atoms with van der Waals surface area (Å²) in [7, 11) is 0. The normalized spacial score (nSPS) is 17.5. The summed E-state index contributed by atoms with van der Waals surface area (Å²) in [4.78, 5) is 33.5. The molecule has 8 nitrogen and oxygen atoms in total. The molecule has 0 spiro atoms. The van der Waals surface area contributed by atoms with Gasteiger partial charge < -0.3 is 19.3 Å². The second kappa shape index (κ2) is 10.4. The van der Waals surface area contributed by atoms with E-state index in [1.54, 1.807) is 42.5 Å². The van der Waals surface area contributed by atoms with E-state index in [0.29, 0.717) is 58.0 Å². The van der Waals surface area contributed by atoms with Gasteiger partial charge in [0.15, 0.2) is 16.6 Å². The van der Waals surface area contributed by atoms with Crippen molar-refractivity contribution in [2.75, 3.05) is 18.1 Å². The van der Waals surface area contributed by atoms with Crippen LogP contribution in [0.4, 0.5) is 5.13 Å². The molecule has 1 saturated heterocycles. The number of benzene rings is 4. The number of aryl methyl sites for hydroxylation is 1. The molecule has 1 aromatic heterocycles. The summed E-state index contributed by atoms with van der Waals surface area (Å²) >= 11 is 1.32.